The minimum absolute atomic E-state index is 0.136. The summed E-state index contributed by atoms with van der Waals surface area (Å²) in [5.41, 5.74) is 1.42. The molecular weight excluding hydrogens is 312 g/mol. The van der Waals surface area contributed by atoms with Crippen molar-refractivity contribution in [2.24, 2.45) is 0 Å². The molecule has 1 heterocycles. The molecule has 1 aromatic carbocycles. The second-order valence-electron chi connectivity index (χ2n) is 5.75. The number of aromatic nitrogens is 1. The SMILES string of the molecule is COc1ccc(-c2nc(C(=O)NC3CCC(O)CC3)cs2)cc1. The third-order valence-corrected chi connectivity index (χ3v) is 5.00. The first-order chi connectivity index (χ1) is 11.2. The lowest BCUT2D eigenvalue weighted by Crippen LogP contribution is -2.38. The van der Waals surface area contributed by atoms with E-state index in [1.165, 1.54) is 11.3 Å². The number of aliphatic hydroxyl groups excluding tert-OH is 1. The van der Waals surface area contributed by atoms with Gasteiger partial charge in [0.1, 0.15) is 16.5 Å². The summed E-state index contributed by atoms with van der Waals surface area (Å²) in [6.07, 6.45) is 2.92. The zero-order valence-corrected chi connectivity index (χ0v) is 13.8. The lowest BCUT2D eigenvalue weighted by molar-refractivity contribution is 0.0864. The molecule has 23 heavy (non-hydrogen) atoms. The summed E-state index contributed by atoms with van der Waals surface area (Å²) in [6.45, 7) is 0. The maximum Gasteiger partial charge on any atom is 0.270 e. The highest BCUT2D eigenvalue weighted by atomic mass is 32.1. The summed E-state index contributed by atoms with van der Waals surface area (Å²) in [5.74, 6) is 0.658. The normalized spacial score (nSPS) is 21.0. The Labute approximate surface area is 139 Å². The zero-order chi connectivity index (χ0) is 16.2. The lowest BCUT2D eigenvalue weighted by Gasteiger charge is -2.25. The zero-order valence-electron chi connectivity index (χ0n) is 13.0. The molecule has 5 nitrogen and oxygen atoms in total. The van der Waals surface area contributed by atoms with Crippen molar-refractivity contribution in [1.82, 2.24) is 10.3 Å². The van der Waals surface area contributed by atoms with Crippen LogP contribution in [0.2, 0.25) is 0 Å². The highest BCUT2D eigenvalue weighted by molar-refractivity contribution is 7.13. The Hall–Kier alpha value is -1.92. The molecule has 2 N–H and O–H groups in total. The van der Waals surface area contributed by atoms with Crippen molar-refractivity contribution in [2.45, 2.75) is 37.8 Å². The number of nitrogens with zero attached hydrogens (tertiary/aromatic N) is 1. The van der Waals surface area contributed by atoms with Crippen LogP contribution in [0.4, 0.5) is 0 Å². The monoisotopic (exact) mass is 332 g/mol. The van der Waals surface area contributed by atoms with Gasteiger partial charge in [0.25, 0.3) is 5.91 Å². The van der Waals surface area contributed by atoms with Crippen molar-refractivity contribution < 1.29 is 14.6 Å². The van der Waals surface area contributed by atoms with E-state index in [2.05, 4.69) is 10.3 Å². The fourth-order valence-corrected chi connectivity index (χ4v) is 3.53. The molecule has 1 saturated carbocycles. The number of thiazole rings is 1. The Bertz CT molecular complexity index is 661. The third-order valence-electron chi connectivity index (χ3n) is 4.11. The number of carbonyl (C=O) groups excluding carboxylic acids is 1. The van der Waals surface area contributed by atoms with Gasteiger partial charge in [-0.05, 0) is 49.9 Å². The summed E-state index contributed by atoms with van der Waals surface area (Å²) >= 11 is 1.45. The van der Waals surface area contributed by atoms with Gasteiger partial charge in [0, 0.05) is 17.0 Å². The van der Waals surface area contributed by atoms with E-state index >= 15 is 0 Å². The number of methoxy groups -OCH3 is 1. The van der Waals surface area contributed by atoms with Gasteiger partial charge < -0.3 is 15.2 Å². The predicted molar refractivity (Wildman–Crippen MR) is 89.8 cm³/mol. The molecule has 0 saturated heterocycles. The Balaban J connectivity index is 1.64. The number of hydrogen-bond acceptors (Lipinski definition) is 5. The summed E-state index contributed by atoms with van der Waals surface area (Å²) in [4.78, 5) is 16.7. The van der Waals surface area contributed by atoms with Crippen molar-refractivity contribution in [1.29, 1.82) is 0 Å². The van der Waals surface area contributed by atoms with Crippen LogP contribution in [-0.4, -0.2) is 35.3 Å². The van der Waals surface area contributed by atoms with Gasteiger partial charge in [0.05, 0.1) is 13.2 Å². The third kappa shape index (κ3) is 3.89. The van der Waals surface area contributed by atoms with Gasteiger partial charge in [0.15, 0.2) is 0 Å². The molecule has 1 fully saturated rings. The van der Waals surface area contributed by atoms with E-state index in [4.69, 9.17) is 4.74 Å². The second kappa shape index (κ2) is 7.10. The van der Waals surface area contributed by atoms with Gasteiger partial charge in [-0.3, -0.25) is 4.79 Å². The largest absolute Gasteiger partial charge is 0.497 e. The quantitative estimate of drug-likeness (QED) is 0.903. The van der Waals surface area contributed by atoms with E-state index in [1.54, 1.807) is 12.5 Å². The van der Waals surface area contributed by atoms with Crippen molar-refractivity contribution in [3.63, 3.8) is 0 Å². The van der Waals surface area contributed by atoms with E-state index in [-0.39, 0.29) is 18.1 Å². The maximum atomic E-state index is 12.3. The molecule has 1 amide bonds. The first-order valence-corrected chi connectivity index (χ1v) is 8.62. The van der Waals surface area contributed by atoms with Crippen molar-refractivity contribution in [2.75, 3.05) is 7.11 Å². The number of amides is 1. The van der Waals surface area contributed by atoms with Crippen LogP contribution in [-0.2, 0) is 0 Å². The number of aliphatic hydroxyl groups is 1. The Morgan fingerprint density at radius 3 is 2.61 bits per heavy atom. The van der Waals surface area contributed by atoms with Crippen molar-refractivity contribution in [3.8, 4) is 16.3 Å². The molecule has 1 aromatic heterocycles. The molecule has 0 radical (unpaired) electrons. The van der Waals surface area contributed by atoms with Gasteiger partial charge in [-0.1, -0.05) is 0 Å². The molecule has 0 aliphatic heterocycles. The van der Waals surface area contributed by atoms with Crippen LogP contribution in [0, 0.1) is 0 Å². The fraction of sp³-hybridized carbons (Fsp3) is 0.412. The molecule has 122 valence electrons. The Morgan fingerprint density at radius 1 is 1.26 bits per heavy atom. The standard InChI is InChI=1S/C17H20N2O3S/c1-22-14-8-2-11(3-9-14)17-19-15(10-23-17)16(21)18-12-4-6-13(20)7-5-12/h2-3,8-10,12-13,20H,4-7H2,1H3,(H,18,21). The molecule has 0 spiro atoms. The second-order valence-corrected chi connectivity index (χ2v) is 6.60. The van der Waals surface area contributed by atoms with Crippen molar-refractivity contribution >= 4 is 17.2 Å². The first-order valence-electron chi connectivity index (χ1n) is 7.74. The minimum atomic E-state index is -0.218. The first kappa shape index (κ1) is 16.0. The van der Waals surface area contributed by atoms with Crippen molar-refractivity contribution in [3.05, 3.63) is 35.3 Å². The fourth-order valence-electron chi connectivity index (χ4n) is 2.72. The van der Waals surface area contributed by atoms with Crippen LogP contribution >= 0.6 is 11.3 Å². The number of carbonyl (C=O) groups is 1. The molecule has 0 atom stereocenters. The average molecular weight is 332 g/mol. The number of rotatable bonds is 4. The van der Waals surface area contributed by atoms with E-state index in [0.29, 0.717) is 5.69 Å². The van der Waals surface area contributed by atoms with E-state index in [1.807, 2.05) is 24.3 Å². The molecule has 6 heteroatoms. The highest BCUT2D eigenvalue weighted by Crippen LogP contribution is 2.26. The summed E-state index contributed by atoms with van der Waals surface area (Å²) < 4.78 is 5.14. The lowest BCUT2D eigenvalue weighted by atomic mass is 9.93. The summed E-state index contributed by atoms with van der Waals surface area (Å²) in [7, 11) is 1.63. The molecule has 1 aliphatic rings. The number of benzene rings is 1. The topological polar surface area (TPSA) is 71.5 Å². The molecule has 0 bridgehead atoms. The minimum Gasteiger partial charge on any atom is -0.497 e. The molecule has 2 aromatic rings. The summed E-state index contributed by atoms with van der Waals surface area (Å²) in [6, 6.07) is 7.76. The van der Waals surface area contributed by atoms with Gasteiger partial charge in [-0.25, -0.2) is 4.98 Å². The Morgan fingerprint density at radius 2 is 1.96 bits per heavy atom. The maximum absolute atomic E-state index is 12.3. The highest BCUT2D eigenvalue weighted by Gasteiger charge is 2.22. The van der Waals surface area contributed by atoms with E-state index < -0.39 is 0 Å². The smallest absolute Gasteiger partial charge is 0.270 e. The van der Waals surface area contributed by atoms with Gasteiger partial charge >= 0.3 is 0 Å². The van der Waals surface area contributed by atoms with Gasteiger partial charge in [-0.2, -0.15) is 0 Å². The molecule has 3 rings (SSSR count). The van der Waals surface area contributed by atoms with Gasteiger partial charge in [0.2, 0.25) is 0 Å². The predicted octanol–water partition coefficient (Wildman–Crippen LogP) is 2.85. The van der Waals surface area contributed by atoms with Crippen LogP contribution in [0.15, 0.2) is 29.6 Å². The molecular formula is C17H20N2O3S. The summed E-state index contributed by atoms with van der Waals surface area (Å²) in [5, 5.41) is 15.1. The number of hydrogen-bond donors (Lipinski definition) is 2. The van der Waals surface area contributed by atoms with Crippen LogP contribution in [0.5, 0.6) is 5.75 Å². The van der Waals surface area contributed by atoms with Crippen LogP contribution in [0.3, 0.4) is 0 Å². The van der Waals surface area contributed by atoms with Crippen LogP contribution in [0.1, 0.15) is 36.2 Å². The van der Waals surface area contributed by atoms with E-state index in [9.17, 15) is 9.90 Å². The van der Waals surface area contributed by atoms with Crippen LogP contribution < -0.4 is 10.1 Å². The van der Waals surface area contributed by atoms with Crippen LogP contribution in [0.25, 0.3) is 10.6 Å². The Kier molecular flexibility index (Phi) is 4.93. The molecule has 1 aliphatic carbocycles. The molecule has 0 unspecified atom stereocenters. The average Bonchev–Trinajstić information content (AvgIpc) is 3.07. The number of nitrogens with one attached hydrogen (secondary N) is 1. The number of ether oxygens (including phenoxy) is 1. The van der Waals surface area contributed by atoms with E-state index in [0.717, 1.165) is 42.0 Å². The van der Waals surface area contributed by atoms with Gasteiger partial charge in [-0.15, -0.1) is 11.3 Å².